The maximum absolute atomic E-state index is 9.93. The summed E-state index contributed by atoms with van der Waals surface area (Å²) in [6, 6.07) is 12.1. The third-order valence-electron chi connectivity index (χ3n) is 3.82. The Bertz CT molecular complexity index is 596. The largest absolute Gasteiger partial charge is 0.457 e. The van der Waals surface area contributed by atoms with Crippen molar-refractivity contribution < 1.29 is 9.84 Å². The van der Waals surface area contributed by atoms with Gasteiger partial charge in [-0.15, -0.1) is 0 Å². The summed E-state index contributed by atoms with van der Waals surface area (Å²) >= 11 is 0. The highest BCUT2D eigenvalue weighted by Crippen LogP contribution is 2.39. The summed E-state index contributed by atoms with van der Waals surface area (Å²) in [5.41, 5.74) is 4.44. The summed E-state index contributed by atoms with van der Waals surface area (Å²) < 4.78 is 6.12. The fraction of sp³-hybridized carbons (Fsp3) is 0.294. The molecule has 98 valence electrons. The smallest absolute Gasteiger partial charge is 0.133 e. The minimum Gasteiger partial charge on any atom is -0.457 e. The fourth-order valence-electron chi connectivity index (χ4n) is 2.76. The number of hydrogen-bond acceptors (Lipinski definition) is 2. The number of rotatable bonds is 2. The van der Waals surface area contributed by atoms with Gasteiger partial charge in [-0.25, -0.2) is 0 Å². The second kappa shape index (κ2) is 4.71. The molecule has 3 rings (SSSR count). The number of aliphatic hydroxyl groups excluding tert-OH is 1. The molecule has 2 aromatic rings. The van der Waals surface area contributed by atoms with E-state index in [-0.39, 0.29) is 6.10 Å². The van der Waals surface area contributed by atoms with E-state index in [9.17, 15) is 5.11 Å². The second-order valence-electron chi connectivity index (χ2n) is 5.20. The highest BCUT2D eigenvalue weighted by Gasteiger charge is 2.23. The maximum Gasteiger partial charge on any atom is 0.133 e. The first-order valence-corrected chi connectivity index (χ1v) is 6.70. The summed E-state index contributed by atoms with van der Waals surface area (Å²) in [4.78, 5) is 0. The number of fused-ring (bicyclic) bond motifs is 1. The highest BCUT2D eigenvalue weighted by atomic mass is 16.5. The molecule has 19 heavy (non-hydrogen) atoms. The summed E-state index contributed by atoms with van der Waals surface area (Å²) in [5.74, 6) is 1.81. The minimum atomic E-state index is -0.337. The zero-order valence-electron chi connectivity index (χ0n) is 11.3. The summed E-state index contributed by atoms with van der Waals surface area (Å²) in [6.45, 7) is 4.11. The van der Waals surface area contributed by atoms with E-state index in [2.05, 4.69) is 26.0 Å². The molecule has 0 spiro atoms. The molecule has 0 saturated heterocycles. The number of hydrogen-bond donors (Lipinski definition) is 1. The first kappa shape index (κ1) is 12.2. The number of benzene rings is 2. The highest BCUT2D eigenvalue weighted by molar-refractivity contribution is 5.49. The Morgan fingerprint density at radius 2 is 1.74 bits per heavy atom. The number of ether oxygens (including phenoxy) is 1. The number of aryl methyl sites for hydroxylation is 2. The standard InChI is InChI=1S/C17H18O2/c1-11-5-3-6-12(2)17(11)19-16-8-4-7-13-14(16)9-10-15(13)18/h3-8,15,18H,9-10H2,1-2H3/t15-/m0/s1. The molecular weight excluding hydrogens is 236 g/mol. The van der Waals surface area contributed by atoms with Gasteiger partial charge in [-0.2, -0.15) is 0 Å². The predicted octanol–water partition coefficient (Wildman–Crippen LogP) is 4.08. The van der Waals surface area contributed by atoms with Crippen molar-refractivity contribution in [2.45, 2.75) is 32.8 Å². The molecule has 1 atom stereocenters. The molecule has 1 N–H and O–H groups in total. The van der Waals surface area contributed by atoms with Crippen LogP contribution < -0.4 is 4.74 Å². The summed E-state index contributed by atoms with van der Waals surface area (Å²) in [5, 5.41) is 9.93. The van der Waals surface area contributed by atoms with E-state index in [1.807, 2.05) is 24.3 Å². The van der Waals surface area contributed by atoms with Crippen LogP contribution in [0.5, 0.6) is 11.5 Å². The quantitative estimate of drug-likeness (QED) is 0.875. The van der Waals surface area contributed by atoms with E-state index in [4.69, 9.17) is 4.74 Å². The van der Waals surface area contributed by atoms with Crippen LogP contribution in [0.2, 0.25) is 0 Å². The molecule has 1 aliphatic carbocycles. The van der Waals surface area contributed by atoms with Gasteiger partial charge in [0.05, 0.1) is 6.10 Å². The lowest BCUT2D eigenvalue weighted by Crippen LogP contribution is -1.95. The lowest BCUT2D eigenvalue weighted by Gasteiger charge is -2.14. The molecule has 0 heterocycles. The third-order valence-corrected chi connectivity index (χ3v) is 3.82. The summed E-state index contributed by atoms with van der Waals surface area (Å²) in [6.07, 6.45) is 1.34. The van der Waals surface area contributed by atoms with Gasteiger partial charge >= 0.3 is 0 Å². The Kier molecular flexibility index (Phi) is 3.03. The van der Waals surface area contributed by atoms with Gasteiger partial charge in [0.1, 0.15) is 11.5 Å². The molecule has 0 aliphatic heterocycles. The van der Waals surface area contributed by atoms with Crippen molar-refractivity contribution in [1.82, 2.24) is 0 Å². The topological polar surface area (TPSA) is 29.5 Å². The van der Waals surface area contributed by atoms with Gasteiger partial charge in [0.2, 0.25) is 0 Å². The minimum absolute atomic E-state index is 0.337. The van der Waals surface area contributed by atoms with Gasteiger partial charge in [-0.1, -0.05) is 30.3 Å². The molecule has 2 heteroatoms. The Morgan fingerprint density at radius 1 is 1.05 bits per heavy atom. The number of aliphatic hydroxyl groups is 1. The van der Waals surface area contributed by atoms with Crippen LogP contribution in [0.25, 0.3) is 0 Å². The first-order chi connectivity index (χ1) is 9.16. The SMILES string of the molecule is Cc1cccc(C)c1Oc1cccc2c1CC[C@@H]2O. The monoisotopic (exact) mass is 254 g/mol. The van der Waals surface area contributed by atoms with E-state index in [1.54, 1.807) is 0 Å². The van der Waals surface area contributed by atoms with Crippen LogP contribution in [-0.2, 0) is 6.42 Å². The van der Waals surface area contributed by atoms with Crippen molar-refractivity contribution in [2.75, 3.05) is 0 Å². The molecule has 0 fully saturated rings. The molecular formula is C17H18O2. The normalized spacial score (nSPS) is 17.3. The first-order valence-electron chi connectivity index (χ1n) is 6.70. The van der Waals surface area contributed by atoms with Crippen LogP contribution in [0.4, 0.5) is 0 Å². The Hall–Kier alpha value is -1.80. The maximum atomic E-state index is 9.93. The van der Waals surface area contributed by atoms with Crippen LogP contribution in [0.15, 0.2) is 36.4 Å². The number of para-hydroxylation sites is 1. The Morgan fingerprint density at radius 3 is 2.47 bits per heavy atom. The third kappa shape index (κ3) is 2.13. The van der Waals surface area contributed by atoms with E-state index in [0.29, 0.717) is 0 Å². The van der Waals surface area contributed by atoms with Crippen LogP contribution in [0.1, 0.15) is 34.8 Å². The van der Waals surface area contributed by atoms with Gasteiger partial charge in [-0.3, -0.25) is 0 Å². The molecule has 0 unspecified atom stereocenters. The van der Waals surface area contributed by atoms with Crippen molar-refractivity contribution >= 4 is 0 Å². The molecule has 0 amide bonds. The van der Waals surface area contributed by atoms with E-state index < -0.39 is 0 Å². The van der Waals surface area contributed by atoms with E-state index in [0.717, 1.165) is 46.6 Å². The van der Waals surface area contributed by atoms with Crippen molar-refractivity contribution in [3.8, 4) is 11.5 Å². The van der Waals surface area contributed by atoms with Crippen molar-refractivity contribution in [3.63, 3.8) is 0 Å². The molecule has 0 aromatic heterocycles. The fourth-order valence-corrected chi connectivity index (χ4v) is 2.76. The van der Waals surface area contributed by atoms with Crippen molar-refractivity contribution in [1.29, 1.82) is 0 Å². The molecule has 2 aromatic carbocycles. The molecule has 0 radical (unpaired) electrons. The second-order valence-corrected chi connectivity index (χ2v) is 5.20. The molecule has 2 nitrogen and oxygen atoms in total. The van der Waals surface area contributed by atoms with Crippen LogP contribution in [-0.4, -0.2) is 5.11 Å². The predicted molar refractivity (Wildman–Crippen MR) is 75.7 cm³/mol. The van der Waals surface area contributed by atoms with Crippen LogP contribution in [0.3, 0.4) is 0 Å². The average Bonchev–Trinajstić information content (AvgIpc) is 2.77. The van der Waals surface area contributed by atoms with Gasteiger partial charge in [-0.05, 0) is 49.4 Å². The van der Waals surface area contributed by atoms with Crippen LogP contribution in [0, 0.1) is 13.8 Å². The van der Waals surface area contributed by atoms with Crippen molar-refractivity contribution in [3.05, 3.63) is 58.7 Å². The molecule has 0 saturated carbocycles. The molecule has 0 bridgehead atoms. The van der Waals surface area contributed by atoms with Crippen molar-refractivity contribution in [2.24, 2.45) is 0 Å². The van der Waals surface area contributed by atoms with Gasteiger partial charge in [0.15, 0.2) is 0 Å². The van der Waals surface area contributed by atoms with Gasteiger partial charge < -0.3 is 9.84 Å². The lowest BCUT2D eigenvalue weighted by atomic mass is 10.1. The lowest BCUT2D eigenvalue weighted by molar-refractivity contribution is 0.180. The van der Waals surface area contributed by atoms with Gasteiger partial charge in [0.25, 0.3) is 0 Å². The van der Waals surface area contributed by atoms with E-state index >= 15 is 0 Å². The average molecular weight is 254 g/mol. The zero-order chi connectivity index (χ0) is 13.4. The Labute approximate surface area is 113 Å². The van der Waals surface area contributed by atoms with E-state index in [1.165, 1.54) is 0 Å². The molecule has 1 aliphatic rings. The summed E-state index contributed by atoms with van der Waals surface area (Å²) in [7, 11) is 0. The zero-order valence-corrected chi connectivity index (χ0v) is 11.3. The van der Waals surface area contributed by atoms with Gasteiger partial charge in [0, 0.05) is 5.56 Å². The Balaban J connectivity index is 2.01. The van der Waals surface area contributed by atoms with Crippen LogP contribution >= 0.6 is 0 Å².